The third kappa shape index (κ3) is 2.62. The molecule has 0 saturated heterocycles. The molecule has 1 aromatic rings. The van der Waals surface area contributed by atoms with Crippen molar-refractivity contribution in [3.05, 3.63) is 23.8 Å². The quantitative estimate of drug-likeness (QED) is 0.708. The van der Waals surface area contributed by atoms with E-state index >= 15 is 0 Å². The van der Waals surface area contributed by atoms with Gasteiger partial charge in [-0.1, -0.05) is 13.8 Å². The molecule has 1 rings (SSSR count). The number of hydrogen-bond donors (Lipinski definition) is 0. The highest BCUT2D eigenvalue weighted by Crippen LogP contribution is 2.23. The van der Waals surface area contributed by atoms with Gasteiger partial charge in [-0.2, -0.15) is 4.31 Å². The Morgan fingerprint density at radius 1 is 1.28 bits per heavy atom. The zero-order chi connectivity index (χ0) is 13.9. The van der Waals surface area contributed by atoms with Gasteiger partial charge in [0.15, 0.2) is 0 Å². The van der Waals surface area contributed by atoms with Crippen molar-refractivity contribution in [1.82, 2.24) is 4.31 Å². The highest BCUT2D eigenvalue weighted by molar-refractivity contribution is 7.89. The SMILES string of the molecule is CCN(CC)S(=O)(=O)c1ccc([OH2+])c(C(=O)[OH2+])c1. The highest BCUT2D eigenvalue weighted by Gasteiger charge is 2.27. The minimum Gasteiger partial charge on any atom is -0.593 e. The summed E-state index contributed by atoms with van der Waals surface area (Å²) in [6.45, 7) is 4.09. The van der Waals surface area contributed by atoms with Crippen LogP contribution >= 0.6 is 0 Å². The number of sulfonamides is 1. The first kappa shape index (κ1) is 14.5. The van der Waals surface area contributed by atoms with Crippen LogP contribution in [0.4, 0.5) is 0 Å². The lowest BCUT2D eigenvalue weighted by Crippen LogP contribution is -2.30. The summed E-state index contributed by atoms with van der Waals surface area (Å²) in [5.41, 5.74) is -0.205. The molecule has 0 aliphatic rings. The fraction of sp³-hybridized carbons (Fsp3) is 0.364. The molecule has 0 unspecified atom stereocenters. The Morgan fingerprint density at radius 2 is 1.83 bits per heavy atom. The normalized spacial score (nSPS) is 11.7. The summed E-state index contributed by atoms with van der Waals surface area (Å²) in [5, 5.41) is 14.4. The molecule has 7 heteroatoms. The van der Waals surface area contributed by atoms with Crippen LogP contribution in [0.25, 0.3) is 0 Å². The van der Waals surface area contributed by atoms with Gasteiger partial charge in [-0.3, -0.25) is 0 Å². The molecule has 6 nitrogen and oxygen atoms in total. The predicted molar refractivity (Wildman–Crippen MR) is 67.6 cm³/mol. The maximum Gasteiger partial charge on any atom is 0.558 e. The van der Waals surface area contributed by atoms with E-state index < -0.39 is 16.0 Å². The Labute approximate surface area is 106 Å². The van der Waals surface area contributed by atoms with E-state index in [2.05, 4.69) is 0 Å². The van der Waals surface area contributed by atoms with Crippen molar-refractivity contribution in [2.75, 3.05) is 13.1 Å². The molecule has 0 aromatic heterocycles. The number of carbonyl (C=O) groups is 1. The molecule has 0 radical (unpaired) electrons. The van der Waals surface area contributed by atoms with Crippen molar-refractivity contribution in [2.45, 2.75) is 18.7 Å². The topological polar surface area (TPSA) is 100 Å². The van der Waals surface area contributed by atoms with Crippen LogP contribution in [0.1, 0.15) is 24.2 Å². The van der Waals surface area contributed by atoms with Crippen molar-refractivity contribution in [3.8, 4) is 5.75 Å². The smallest absolute Gasteiger partial charge is 0.558 e. The second kappa shape index (κ2) is 5.36. The van der Waals surface area contributed by atoms with Gasteiger partial charge in [0.1, 0.15) is 0 Å². The van der Waals surface area contributed by atoms with Crippen LogP contribution in [-0.2, 0) is 10.0 Å². The third-order valence-electron chi connectivity index (χ3n) is 2.58. The van der Waals surface area contributed by atoms with Gasteiger partial charge in [0.05, 0.1) is 4.90 Å². The van der Waals surface area contributed by atoms with E-state index in [1.54, 1.807) is 13.8 Å². The van der Waals surface area contributed by atoms with E-state index in [4.69, 9.17) is 10.2 Å². The molecule has 0 fully saturated rings. The Morgan fingerprint density at radius 3 is 2.28 bits per heavy atom. The molecule has 0 aliphatic carbocycles. The van der Waals surface area contributed by atoms with E-state index in [1.807, 2.05) is 0 Å². The van der Waals surface area contributed by atoms with Crippen LogP contribution in [0.15, 0.2) is 23.1 Å². The van der Waals surface area contributed by atoms with E-state index in [9.17, 15) is 13.2 Å². The van der Waals surface area contributed by atoms with Gasteiger partial charge >= 0.3 is 5.97 Å². The average molecular weight is 275 g/mol. The summed E-state index contributed by atoms with van der Waals surface area (Å²) in [6, 6.07) is 3.59. The monoisotopic (exact) mass is 275 g/mol. The number of benzene rings is 1. The summed E-state index contributed by atoms with van der Waals surface area (Å²) in [5.74, 6) is -1.20. The summed E-state index contributed by atoms with van der Waals surface area (Å²) >= 11 is 0. The second-order valence-electron chi connectivity index (χ2n) is 3.63. The molecule has 0 atom stereocenters. The largest absolute Gasteiger partial charge is 0.593 e. The van der Waals surface area contributed by atoms with Crippen molar-refractivity contribution in [1.29, 1.82) is 0 Å². The molecule has 1 aromatic carbocycles. The Bertz CT molecular complexity index is 549. The lowest BCUT2D eigenvalue weighted by molar-refractivity contribution is 0.0693. The standard InChI is InChI=1S/C11H15NO5S/c1-3-12(4-2)18(16,17)8-5-6-10(13)9(7-8)11(14)15/h5-7,13H,3-4H2,1-2H3,(H,14,15)/p+2. The first-order valence-electron chi connectivity index (χ1n) is 5.46. The van der Waals surface area contributed by atoms with Crippen LogP contribution in [0.2, 0.25) is 0 Å². The number of carbonyl (C=O) groups excluding carboxylic acids is 1. The van der Waals surface area contributed by atoms with Gasteiger partial charge in [-0.25, -0.2) is 8.42 Å². The summed E-state index contributed by atoms with van der Waals surface area (Å²) in [6.07, 6.45) is 0. The van der Waals surface area contributed by atoms with Crippen molar-refractivity contribution in [2.24, 2.45) is 0 Å². The average Bonchev–Trinajstić information content (AvgIpc) is 2.30. The maximum absolute atomic E-state index is 12.2. The molecule has 100 valence electrons. The van der Waals surface area contributed by atoms with E-state index in [0.717, 1.165) is 6.07 Å². The fourth-order valence-electron chi connectivity index (χ4n) is 1.58. The van der Waals surface area contributed by atoms with Crippen LogP contribution < -0.4 is 0 Å². The molecule has 0 saturated carbocycles. The minimum atomic E-state index is -3.66. The first-order chi connectivity index (χ1) is 8.34. The molecule has 4 N–H and O–H groups in total. The molecule has 0 amide bonds. The van der Waals surface area contributed by atoms with Crippen molar-refractivity contribution >= 4 is 16.0 Å². The van der Waals surface area contributed by atoms with Gasteiger partial charge in [0.2, 0.25) is 15.6 Å². The number of rotatable bonds is 5. The minimum absolute atomic E-state index is 0.0576. The second-order valence-corrected chi connectivity index (χ2v) is 5.56. The lowest BCUT2D eigenvalue weighted by Gasteiger charge is -2.18. The molecular weight excluding hydrogens is 258 g/mol. The fourth-order valence-corrected chi connectivity index (χ4v) is 3.07. The molecular formula is C11H17NO5S+2. The zero-order valence-corrected chi connectivity index (χ0v) is 11.0. The van der Waals surface area contributed by atoms with Crippen LogP contribution in [-0.4, -0.2) is 42.0 Å². The van der Waals surface area contributed by atoms with E-state index in [-0.39, 0.29) is 16.2 Å². The van der Waals surface area contributed by atoms with Gasteiger partial charge in [0, 0.05) is 24.0 Å². The Kier molecular flexibility index (Phi) is 4.31. The Balaban J connectivity index is 3.34. The van der Waals surface area contributed by atoms with Crippen molar-refractivity contribution < 1.29 is 23.4 Å². The van der Waals surface area contributed by atoms with Crippen LogP contribution in [0.3, 0.4) is 0 Å². The molecule has 0 aliphatic heterocycles. The summed E-state index contributed by atoms with van der Waals surface area (Å²) in [4.78, 5) is 10.9. The lowest BCUT2D eigenvalue weighted by atomic mass is 10.2. The molecule has 0 heterocycles. The van der Waals surface area contributed by atoms with Gasteiger partial charge in [-0.05, 0) is 12.1 Å². The summed E-state index contributed by atoms with van der Waals surface area (Å²) < 4.78 is 25.6. The zero-order valence-electron chi connectivity index (χ0n) is 10.2. The van der Waals surface area contributed by atoms with Gasteiger partial charge in [-0.15, -0.1) is 0 Å². The highest BCUT2D eigenvalue weighted by atomic mass is 32.2. The van der Waals surface area contributed by atoms with E-state index in [1.165, 1.54) is 16.4 Å². The summed E-state index contributed by atoms with van der Waals surface area (Å²) in [7, 11) is -3.66. The van der Waals surface area contributed by atoms with Gasteiger partial charge < -0.3 is 10.2 Å². The third-order valence-corrected chi connectivity index (χ3v) is 4.62. The number of nitrogens with zero attached hydrogens (tertiary/aromatic N) is 1. The molecule has 18 heavy (non-hydrogen) atoms. The maximum atomic E-state index is 12.2. The first-order valence-corrected chi connectivity index (χ1v) is 6.90. The van der Waals surface area contributed by atoms with Crippen LogP contribution in [0, 0.1) is 0 Å². The predicted octanol–water partition coefficient (Wildman–Crippen LogP) is 0.0198. The van der Waals surface area contributed by atoms with Crippen molar-refractivity contribution in [3.63, 3.8) is 0 Å². The Hall–Kier alpha value is -1.60. The molecule has 0 bridgehead atoms. The van der Waals surface area contributed by atoms with Crippen LogP contribution in [0.5, 0.6) is 5.75 Å². The molecule has 0 spiro atoms. The van der Waals surface area contributed by atoms with E-state index in [0.29, 0.717) is 13.1 Å². The van der Waals surface area contributed by atoms with Gasteiger partial charge in [0.25, 0.3) is 5.75 Å². The number of hydrogen-bond acceptors (Lipinski definition) is 3.